The smallest absolute Gasteiger partial charge is 0.320 e. The Labute approximate surface area is 198 Å². The molecule has 0 aliphatic carbocycles. The molecule has 0 N–H and O–H groups in total. The largest absolute Gasteiger partial charge is 0.342 e. The van der Waals surface area contributed by atoms with Crippen LogP contribution in [0.3, 0.4) is 0 Å². The maximum atomic E-state index is 14.0. The second-order valence-electron chi connectivity index (χ2n) is 10.1. The molecular formula is C28H37N3O2. The summed E-state index contributed by atoms with van der Waals surface area (Å²) in [5, 5.41) is 0. The molecule has 176 valence electrons. The molecule has 1 unspecified atom stereocenters. The zero-order valence-electron chi connectivity index (χ0n) is 20.8. The summed E-state index contributed by atoms with van der Waals surface area (Å²) in [6.45, 7) is 12.3. The van der Waals surface area contributed by atoms with Crippen molar-refractivity contribution in [1.82, 2.24) is 14.7 Å². The van der Waals surface area contributed by atoms with Gasteiger partial charge in [0.2, 0.25) is 5.91 Å². The van der Waals surface area contributed by atoms with Gasteiger partial charge >= 0.3 is 6.03 Å². The van der Waals surface area contributed by atoms with E-state index in [0.717, 1.165) is 25.1 Å². The molecular weight excluding hydrogens is 410 g/mol. The van der Waals surface area contributed by atoms with Crippen LogP contribution >= 0.6 is 0 Å². The lowest BCUT2D eigenvalue weighted by Crippen LogP contribution is -2.51. The molecule has 5 heteroatoms. The highest BCUT2D eigenvalue weighted by atomic mass is 16.2. The van der Waals surface area contributed by atoms with Crippen LogP contribution in [0.1, 0.15) is 60.2 Å². The van der Waals surface area contributed by atoms with Crippen molar-refractivity contribution in [1.29, 1.82) is 0 Å². The van der Waals surface area contributed by atoms with Crippen LogP contribution < -0.4 is 0 Å². The number of benzene rings is 2. The molecule has 2 aromatic rings. The van der Waals surface area contributed by atoms with Gasteiger partial charge in [-0.3, -0.25) is 4.79 Å². The molecule has 4 rings (SSSR count). The second kappa shape index (κ2) is 9.20. The Bertz CT molecular complexity index is 1030. The Morgan fingerprint density at radius 1 is 1.03 bits per heavy atom. The maximum absolute atomic E-state index is 14.0. The fourth-order valence-corrected chi connectivity index (χ4v) is 5.87. The quantitative estimate of drug-likeness (QED) is 0.644. The third-order valence-electron chi connectivity index (χ3n) is 7.78. The summed E-state index contributed by atoms with van der Waals surface area (Å²) in [6.07, 6.45) is 0.939. The van der Waals surface area contributed by atoms with E-state index in [9.17, 15) is 9.59 Å². The van der Waals surface area contributed by atoms with E-state index in [1.165, 1.54) is 22.3 Å². The van der Waals surface area contributed by atoms with E-state index in [1.807, 2.05) is 16.8 Å². The molecule has 0 saturated carbocycles. The normalized spacial score (nSPS) is 23.3. The minimum Gasteiger partial charge on any atom is -0.342 e. The van der Waals surface area contributed by atoms with Crippen molar-refractivity contribution >= 4 is 11.9 Å². The number of hydrogen-bond acceptors (Lipinski definition) is 2. The highest BCUT2D eigenvalue weighted by Crippen LogP contribution is 2.45. The van der Waals surface area contributed by atoms with Gasteiger partial charge in [0, 0.05) is 39.5 Å². The van der Waals surface area contributed by atoms with Crippen molar-refractivity contribution in [3.8, 4) is 0 Å². The maximum Gasteiger partial charge on any atom is 0.320 e. The van der Waals surface area contributed by atoms with E-state index in [4.69, 9.17) is 0 Å². The predicted octanol–water partition coefficient (Wildman–Crippen LogP) is 5.27. The topological polar surface area (TPSA) is 43.9 Å². The number of likely N-dealkylation sites (tertiary alicyclic amines) is 2. The zero-order valence-corrected chi connectivity index (χ0v) is 20.8. The predicted molar refractivity (Wildman–Crippen MR) is 132 cm³/mol. The molecule has 4 atom stereocenters. The number of carbonyl (C=O) groups is 2. The molecule has 0 radical (unpaired) electrons. The molecule has 2 fully saturated rings. The highest BCUT2D eigenvalue weighted by Gasteiger charge is 2.47. The van der Waals surface area contributed by atoms with Crippen LogP contribution in [-0.2, 0) is 4.79 Å². The van der Waals surface area contributed by atoms with Gasteiger partial charge in [0.05, 0.1) is 12.1 Å². The number of piperidine rings is 1. The van der Waals surface area contributed by atoms with Crippen LogP contribution in [0.25, 0.3) is 0 Å². The van der Waals surface area contributed by atoms with Crippen LogP contribution in [0.15, 0.2) is 42.5 Å². The number of amides is 3. The molecule has 5 nitrogen and oxygen atoms in total. The van der Waals surface area contributed by atoms with Crippen LogP contribution in [0.4, 0.5) is 4.79 Å². The molecule has 0 aromatic heterocycles. The molecule has 3 amide bonds. The number of urea groups is 1. The number of fused-ring (bicyclic) bond motifs is 1. The fraction of sp³-hybridized carbons (Fsp3) is 0.500. The molecule has 0 spiro atoms. The number of aryl methyl sites for hydroxylation is 3. The van der Waals surface area contributed by atoms with Crippen molar-refractivity contribution in [3.63, 3.8) is 0 Å². The average molecular weight is 448 g/mol. The molecule has 0 bridgehead atoms. The van der Waals surface area contributed by atoms with Gasteiger partial charge in [-0.15, -0.1) is 0 Å². The van der Waals surface area contributed by atoms with E-state index < -0.39 is 0 Å². The Balaban J connectivity index is 1.66. The minimum absolute atomic E-state index is 0.0179. The van der Waals surface area contributed by atoms with Crippen molar-refractivity contribution in [2.24, 2.45) is 11.8 Å². The van der Waals surface area contributed by atoms with Gasteiger partial charge in [-0.25, -0.2) is 4.79 Å². The Kier molecular flexibility index (Phi) is 6.51. The number of carbonyl (C=O) groups excluding carboxylic acids is 2. The first-order valence-corrected chi connectivity index (χ1v) is 12.1. The summed E-state index contributed by atoms with van der Waals surface area (Å²) in [5.74, 6) is 0.827. The van der Waals surface area contributed by atoms with Gasteiger partial charge < -0.3 is 14.7 Å². The van der Waals surface area contributed by atoms with E-state index in [1.54, 1.807) is 6.92 Å². The monoisotopic (exact) mass is 447 g/mol. The van der Waals surface area contributed by atoms with E-state index in [0.29, 0.717) is 12.5 Å². The van der Waals surface area contributed by atoms with E-state index in [2.05, 4.69) is 75.1 Å². The van der Waals surface area contributed by atoms with E-state index in [-0.39, 0.29) is 29.9 Å². The minimum atomic E-state index is -0.0244. The number of nitrogens with zero attached hydrogens (tertiary/aromatic N) is 3. The number of rotatable bonds is 3. The third kappa shape index (κ3) is 4.50. The van der Waals surface area contributed by atoms with Crippen LogP contribution in [0, 0.1) is 32.6 Å². The zero-order chi connectivity index (χ0) is 23.9. The standard InChI is InChI=1S/C28H37N3O2/c1-18-13-19(2)15-24(14-18)21(4)29(6)28(33)31-12-11-23-16-30(22(5)32)17-26(23)27(31)25-10-8-7-9-20(25)3/h7-10,13-15,21,23,26-27H,11-12,16-17H2,1-6H3/t21-,23-,26?,27+/m1/s1. The molecule has 2 aliphatic heterocycles. The van der Waals surface area contributed by atoms with Gasteiger partial charge in [0.15, 0.2) is 0 Å². The van der Waals surface area contributed by atoms with Gasteiger partial charge in [-0.05, 0) is 56.7 Å². The molecule has 2 aliphatic rings. The number of hydrogen-bond donors (Lipinski definition) is 0. The first-order valence-electron chi connectivity index (χ1n) is 12.1. The summed E-state index contributed by atoms with van der Waals surface area (Å²) in [5.41, 5.74) is 6.00. The average Bonchev–Trinajstić information content (AvgIpc) is 3.22. The Hall–Kier alpha value is -2.82. The molecule has 2 saturated heterocycles. The SMILES string of the molecule is CC(=O)N1CC2[C@H](CCN(C(=O)N(C)[C@H](C)c3cc(C)cc(C)c3)[C@H]2c2ccccc2C)C1. The van der Waals surface area contributed by atoms with Gasteiger partial charge in [0.1, 0.15) is 0 Å². The van der Waals surface area contributed by atoms with Gasteiger partial charge in [-0.1, -0.05) is 53.6 Å². The third-order valence-corrected chi connectivity index (χ3v) is 7.78. The lowest BCUT2D eigenvalue weighted by molar-refractivity contribution is -0.128. The van der Waals surface area contributed by atoms with Crippen molar-refractivity contribution in [2.45, 2.75) is 53.1 Å². The summed E-state index contributed by atoms with van der Waals surface area (Å²) >= 11 is 0. The van der Waals surface area contributed by atoms with Gasteiger partial charge in [0.25, 0.3) is 0 Å². The Morgan fingerprint density at radius 3 is 2.33 bits per heavy atom. The summed E-state index contributed by atoms with van der Waals surface area (Å²) in [4.78, 5) is 32.0. The van der Waals surface area contributed by atoms with Crippen LogP contribution in [-0.4, -0.2) is 53.3 Å². The van der Waals surface area contributed by atoms with Gasteiger partial charge in [-0.2, -0.15) is 0 Å². The van der Waals surface area contributed by atoms with Crippen LogP contribution in [0.2, 0.25) is 0 Å². The lowest BCUT2D eigenvalue weighted by atomic mass is 9.78. The molecule has 2 heterocycles. The van der Waals surface area contributed by atoms with Crippen molar-refractivity contribution in [3.05, 3.63) is 70.3 Å². The molecule has 2 aromatic carbocycles. The summed E-state index contributed by atoms with van der Waals surface area (Å²) < 4.78 is 0. The first kappa shape index (κ1) is 23.3. The second-order valence-corrected chi connectivity index (χ2v) is 10.1. The van der Waals surface area contributed by atoms with Crippen LogP contribution in [0.5, 0.6) is 0 Å². The first-order chi connectivity index (χ1) is 15.7. The summed E-state index contributed by atoms with van der Waals surface area (Å²) in [7, 11) is 1.92. The fourth-order valence-electron chi connectivity index (χ4n) is 5.87. The highest BCUT2D eigenvalue weighted by molar-refractivity contribution is 5.76. The van der Waals surface area contributed by atoms with E-state index >= 15 is 0 Å². The summed E-state index contributed by atoms with van der Waals surface area (Å²) in [6, 6.07) is 14.9. The Morgan fingerprint density at radius 2 is 1.70 bits per heavy atom. The van der Waals surface area contributed by atoms with Crippen molar-refractivity contribution < 1.29 is 9.59 Å². The molecule has 33 heavy (non-hydrogen) atoms. The van der Waals surface area contributed by atoms with Crippen molar-refractivity contribution in [2.75, 3.05) is 26.7 Å². The lowest BCUT2D eigenvalue weighted by Gasteiger charge is -2.45.